The molecule has 0 spiro atoms. The molecular weight excluding hydrogens is 768 g/mol. The van der Waals surface area contributed by atoms with Crippen LogP contribution in [-0.4, -0.2) is 80.1 Å². The molecule has 5 rings (SSSR count). The second-order valence-corrected chi connectivity index (χ2v) is 12.3. The molecular formula is C38H41F6N5O8. The molecule has 0 fully saturated rings. The van der Waals surface area contributed by atoms with Crippen molar-refractivity contribution in [2.75, 3.05) is 14.2 Å². The van der Waals surface area contributed by atoms with Crippen molar-refractivity contribution in [3.05, 3.63) is 78.0 Å². The number of carbonyl (C=O) groups is 4. The number of carboxylic acid groups (broad SMARTS) is 2. The van der Waals surface area contributed by atoms with Crippen LogP contribution < -0.4 is 14.9 Å². The molecule has 1 amide bonds. The van der Waals surface area contributed by atoms with E-state index in [0.717, 1.165) is 63.6 Å². The van der Waals surface area contributed by atoms with E-state index < -0.39 is 24.3 Å². The smallest absolute Gasteiger partial charge is 0.490 e. The van der Waals surface area contributed by atoms with Gasteiger partial charge in [-0.15, -0.1) is 0 Å². The zero-order chi connectivity index (χ0) is 42.5. The van der Waals surface area contributed by atoms with Gasteiger partial charge in [0.1, 0.15) is 30.0 Å². The molecule has 0 aliphatic heterocycles. The summed E-state index contributed by atoms with van der Waals surface area (Å²) in [6, 6.07) is 15.4. The van der Waals surface area contributed by atoms with Crippen molar-refractivity contribution in [3.63, 3.8) is 0 Å². The number of methoxy groups -OCH3 is 1. The van der Waals surface area contributed by atoms with Gasteiger partial charge in [0.15, 0.2) is 0 Å². The van der Waals surface area contributed by atoms with E-state index in [-0.39, 0.29) is 24.2 Å². The number of rotatable bonds is 14. The predicted octanol–water partition coefficient (Wildman–Crippen LogP) is 7.55. The number of unbranched alkanes of at least 4 members (excludes halogenated alkanes) is 2. The molecule has 57 heavy (non-hydrogen) atoms. The number of carboxylic acids is 2. The molecule has 308 valence electrons. The number of ketones is 1. The number of aromatic nitrogens is 4. The fraction of sp³-hybridized carbons (Fsp3) is 0.368. The Morgan fingerprint density at radius 2 is 1.51 bits per heavy atom. The Morgan fingerprint density at radius 1 is 0.877 bits per heavy atom. The third kappa shape index (κ3) is 12.4. The summed E-state index contributed by atoms with van der Waals surface area (Å²) in [5.74, 6) is -3.93. The van der Waals surface area contributed by atoms with Crippen molar-refractivity contribution >= 4 is 45.4 Å². The van der Waals surface area contributed by atoms with Crippen molar-refractivity contribution in [1.82, 2.24) is 25.0 Å². The maximum Gasteiger partial charge on any atom is 0.490 e. The Bertz CT molecular complexity index is 2140. The minimum Gasteiger partial charge on any atom is -0.494 e. The molecule has 3 aromatic heterocycles. The predicted molar refractivity (Wildman–Crippen MR) is 195 cm³/mol. The minimum absolute atomic E-state index is 0.0923. The number of hydrogen-bond acceptors (Lipinski definition) is 8. The van der Waals surface area contributed by atoms with Gasteiger partial charge in [-0.3, -0.25) is 14.6 Å². The number of alkyl halides is 6. The third-order valence-electron chi connectivity index (χ3n) is 8.54. The number of nitrogens with zero attached hydrogens (tertiary/aromatic N) is 3. The lowest BCUT2D eigenvalue weighted by molar-refractivity contribution is -0.193. The maximum absolute atomic E-state index is 13.6. The first-order valence-electron chi connectivity index (χ1n) is 17.4. The number of benzene rings is 2. The highest BCUT2D eigenvalue weighted by molar-refractivity contribution is 5.97. The van der Waals surface area contributed by atoms with E-state index in [9.17, 15) is 35.9 Å². The van der Waals surface area contributed by atoms with E-state index in [1.807, 2.05) is 62.4 Å². The second kappa shape index (κ2) is 20.1. The number of nitrogens with one attached hydrogen (secondary N) is 2. The first kappa shape index (κ1) is 45.3. The SMILES string of the molecule is CCC(=O)CCCCCC(NC(=O)Cc1c(C)n(OC)c2ccccc12)c1ncc(-c2ccc(OC)c3ncccc23)[nH]1.O=C(O)C(F)(F)F.O=C(O)C(F)(F)F. The number of halogens is 6. The van der Waals surface area contributed by atoms with Crippen LogP contribution in [0.2, 0.25) is 0 Å². The van der Waals surface area contributed by atoms with Crippen LogP contribution in [0.3, 0.4) is 0 Å². The highest BCUT2D eigenvalue weighted by Gasteiger charge is 2.39. The van der Waals surface area contributed by atoms with E-state index in [1.54, 1.807) is 31.3 Å². The fourth-order valence-electron chi connectivity index (χ4n) is 5.77. The van der Waals surface area contributed by atoms with Crippen molar-refractivity contribution in [2.45, 2.75) is 77.2 Å². The lowest BCUT2D eigenvalue weighted by atomic mass is 10.0. The Kier molecular flexibility index (Phi) is 16.0. The van der Waals surface area contributed by atoms with E-state index in [2.05, 4.69) is 15.3 Å². The van der Waals surface area contributed by atoms with Crippen LogP contribution in [-0.2, 0) is 25.6 Å². The van der Waals surface area contributed by atoms with Crippen LogP contribution in [0.1, 0.15) is 68.6 Å². The summed E-state index contributed by atoms with van der Waals surface area (Å²) >= 11 is 0. The molecule has 0 aliphatic carbocycles. The minimum atomic E-state index is -5.08. The molecule has 1 unspecified atom stereocenters. The molecule has 13 nitrogen and oxygen atoms in total. The van der Waals surface area contributed by atoms with E-state index in [4.69, 9.17) is 34.4 Å². The molecule has 0 radical (unpaired) electrons. The fourth-order valence-corrected chi connectivity index (χ4v) is 5.77. The molecule has 2 aromatic carbocycles. The number of H-pyrrole nitrogens is 1. The van der Waals surface area contributed by atoms with Crippen LogP contribution in [0.15, 0.2) is 60.9 Å². The number of imidazole rings is 1. The number of Topliss-reactive ketones (excluding diaryl/α,β-unsaturated/α-hetero) is 1. The molecule has 3 heterocycles. The summed E-state index contributed by atoms with van der Waals surface area (Å²) in [6.45, 7) is 3.87. The van der Waals surface area contributed by atoms with Gasteiger partial charge in [0.05, 0.1) is 42.7 Å². The van der Waals surface area contributed by atoms with Gasteiger partial charge in [0.2, 0.25) is 5.91 Å². The Hall–Kier alpha value is -6.14. The quantitative estimate of drug-likeness (QED) is 0.0645. The average Bonchev–Trinajstić information content (AvgIpc) is 3.75. The number of hydrogen-bond donors (Lipinski definition) is 4. The molecule has 0 saturated heterocycles. The summed E-state index contributed by atoms with van der Waals surface area (Å²) in [6.07, 6.45) is -1.93. The van der Waals surface area contributed by atoms with Crippen molar-refractivity contribution in [2.24, 2.45) is 0 Å². The summed E-state index contributed by atoms with van der Waals surface area (Å²) in [7, 11) is 3.27. The summed E-state index contributed by atoms with van der Waals surface area (Å²) in [5, 5.41) is 19.4. The molecule has 0 bridgehead atoms. The first-order chi connectivity index (χ1) is 26.8. The van der Waals surface area contributed by atoms with Gasteiger partial charge in [-0.25, -0.2) is 14.6 Å². The van der Waals surface area contributed by atoms with Crippen molar-refractivity contribution in [1.29, 1.82) is 0 Å². The largest absolute Gasteiger partial charge is 0.494 e. The number of aliphatic carboxylic acids is 2. The Balaban J connectivity index is 0.000000531. The van der Waals surface area contributed by atoms with Gasteiger partial charge in [0, 0.05) is 35.4 Å². The highest BCUT2D eigenvalue weighted by atomic mass is 19.4. The summed E-state index contributed by atoms with van der Waals surface area (Å²) in [4.78, 5) is 61.4. The normalized spacial score (nSPS) is 11.8. The van der Waals surface area contributed by atoms with Crippen molar-refractivity contribution in [3.8, 4) is 17.0 Å². The standard InChI is InChI=1S/C34H39N5O4.2C2HF3O2/c1-5-23(40)12-7-6-8-15-28(37-32(41)20-27-22(2)39(43-4)30-16-10-9-13-25(27)30)34-36-21-29(38-34)24-17-18-31(42-3)33-26(24)14-11-19-35-33;2*3-2(4,5)1(6)7/h9-11,13-14,16-19,21,28H,5-8,12,15,20H2,1-4H3,(H,36,38)(H,37,41);2*(H,6,7). The second-order valence-electron chi connectivity index (χ2n) is 12.3. The van der Waals surface area contributed by atoms with Crippen LogP contribution in [0.25, 0.3) is 33.1 Å². The van der Waals surface area contributed by atoms with E-state index in [1.165, 1.54) is 0 Å². The van der Waals surface area contributed by atoms with Gasteiger partial charge < -0.3 is 30.1 Å². The number of pyridine rings is 1. The lowest BCUT2D eigenvalue weighted by Gasteiger charge is -2.17. The number of para-hydroxylation sites is 1. The summed E-state index contributed by atoms with van der Waals surface area (Å²) < 4.78 is 70.8. The Labute approximate surface area is 322 Å². The first-order valence-corrected chi connectivity index (χ1v) is 17.4. The summed E-state index contributed by atoms with van der Waals surface area (Å²) in [5.41, 5.74) is 5.33. The Morgan fingerprint density at radius 3 is 2.11 bits per heavy atom. The highest BCUT2D eigenvalue weighted by Crippen LogP contribution is 2.33. The van der Waals surface area contributed by atoms with Crippen LogP contribution >= 0.6 is 0 Å². The topological polar surface area (TPSA) is 186 Å². The average molecular weight is 810 g/mol. The lowest BCUT2D eigenvalue weighted by Crippen LogP contribution is -2.30. The van der Waals surface area contributed by atoms with Gasteiger partial charge in [-0.2, -0.15) is 31.1 Å². The van der Waals surface area contributed by atoms with Crippen molar-refractivity contribution < 1.29 is 65.3 Å². The third-order valence-corrected chi connectivity index (χ3v) is 8.54. The molecule has 0 aliphatic rings. The van der Waals surface area contributed by atoms with Gasteiger partial charge in [-0.1, -0.05) is 44.0 Å². The molecule has 19 heteroatoms. The van der Waals surface area contributed by atoms with E-state index in [0.29, 0.717) is 30.8 Å². The van der Waals surface area contributed by atoms with Crippen LogP contribution in [0.5, 0.6) is 5.75 Å². The monoisotopic (exact) mass is 809 g/mol. The molecule has 5 aromatic rings. The van der Waals surface area contributed by atoms with E-state index >= 15 is 0 Å². The molecule has 4 N–H and O–H groups in total. The van der Waals surface area contributed by atoms with Crippen LogP contribution in [0.4, 0.5) is 26.3 Å². The van der Waals surface area contributed by atoms with Gasteiger partial charge in [0.25, 0.3) is 0 Å². The van der Waals surface area contributed by atoms with Gasteiger partial charge in [-0.05, 0) is 49.6 Å². The number of ether oxygens (including phenoxy) is 1. The van der Waals surface area contributed by atoms with Crippen LogP contribution in [0, 0.1) is 6.92 Å². The number of amides is 1. The zero-order valence-corrected chi connectivity index (χ0v) is 31.3. The maximum atomic E-state index is 13.6. The molecule has 1 atom stereocenters. The number of carbonyl (C=O) groups excluding carboxylic acids is 2. The zero-order valence-electron chi connectivity index (χ0n) is 31.3. The van der Waals surface area contributed by atoms with Gasteiger partial charge >= 0.3 is 24.3 Å². The number of fused-ring (bicyclic) bond motifs is 2. The molecule has 0 saturated carbocycles. The number of aromatic amines is 1.